The lowest BCUT2D eigenvalue weighted by Gasteiger charge is -2.15. The van der Waals surface area contributed by atoms with E-state index in [1.807, 2.05) is 11.9 Å². The topological polar surface area (TPSA) is 102 Å². The first kappa shape index (κ1) is 15.1. The zero-order valence-corrected chi connectivity index (χ0v) is 10.8. The summed E-state index contributed by atoms with van der Waals surface area (Å²) in [7, 11) is 1.84. The number of nitrogens with one attached hydrogen (secondary N) is 1. The second-order valence-corrected chi connectivity index (χ2v) is 4.23. The van der Waals surface area contributed by atoms with Crippen molar-refractivity contribution in [3.63, 3.8) is 0 Å². The van der Waals surface area contributed by atoms with Crippen molar-refractivity contribution in [3.8, 4) is 0 Å². The van der Waals surface area contributed by atoms with Crippen LogP contribution in [0.15, 0.2) is 24.3 Å². The van der Waals surface area contributed by atoms with Gasteiger partial charge in [-0.15, -0.1) is 0 Å². The number of nitrogens with two attached hydrogens (primary N) is 1. The first-order valence-electron chi connectivity index (χ1n) is 5.96. The predicted octanol–water partition coefficient (Wildman–Crippen LogP) is 0.814. The van der Waals surface area contributed by atoms with Crippen molar-refractivity contribution in [2.75, 3.05) is 32.0 Å². The highest BCUT2D eigenvalue weighted by Gasteiger charge is 2.08. The highest BCUT2D eigenvalue weighted by atomic mass is 16.6. The van der Waals surface area contributed by atoms with Gasteiger partial charge in [0.2, 0.25) is 5.91 Å². The van der Waals surface area contributed by atoms with Crippen LogP contribution in [0.1, 0.15) is 6.42 Å². The molecule has 0 saturated carbocycles. The number of hydrogen-bond acceptors (Lipinski definition) is 5. The molecule has 19 heavy (non-hydrogen) atoms. The van der Waals surface area contributed by atoms with E-state index >= 15 is 0 Å². The molecule has 0 bridgehead atoms. The van der Waals surface area contributed by atoms with Gasteiger partial charge < -0.3 is 11.1 Å². The van der Waals surface area contributed by atoms with Crippen LogP contribution < -0.4 is 11.1 Å². The van der Waals surface area contributed by atoms with Gasteiger partial charge in [0.05, 0.1) is 11.5 Å². The van der Waals surface area contributed by atoms with Gasteiger partial charge in [0.15, 0.2) is 0 Å². The summed E-state index contributed by atoms with van der Waals surface area (Å²) in [6.07, 6.45) is 0.835. The third-order valence-electron chi connectivity index (χ3n) is 2.52. The molecule has 104 valence electrons. The molecular weight excluding hydrogens is 248 g/mol. The fraction of sp³-hybridized carbons (Fsp3) is 0.417. The average molecular weight is 266 g/mol. The fourth-order valence-electron chi connectivity index (χ4n) is 1.55. The van der Waals surface area contributed by atoms with E-state index in [4.69, 9.17) is 5.73 Å². The maximum absolute atomic E-state index is 11.7. The fourth-order valence-corrected chi connectivity index (χ4v) is 1.55. The Kier molecular flexibility index (Phi) is 5.91. The molecule has 0 aliphatic carbocycles. The molecule has 3 N–H and O–H groups in total. The number of nitro benzene ring substituents is 1. The average Bonchev–Trinajstić information content (AvgIpc) is 2.36. The summed E-state index contributed by atoms with van der Waals surface area (Å²) in [5, 5.41) is 13.2. The van der Waals surface area contributed by atoms with Gasteiger partial charge in [-0.2, -0.15) is 0 Å². The predicted molar refractivity (Wildman–Crippen MR) is 72.9 cm³/mol. The van der Waals surface area contributed by atoms with E-state index in [0.717, 1.165) is 13.0 Å². The number of nitro groups is 1. The second-order valence-electron chi connectivity index (χ2n) is 4.23. The molecule has 1 amide bonds. The van der Waals surface area contributed by atoms with Gasteiger partial charge >= 0.3 is 0 Å². The van der Waals surface area contributed by atoms with Crippen LogP contribution in [0, 0.1) is 10.1 Å². The molecule has 0 aromatic heterocycles. The molecule has 0 spiro atoms. The third-order valence-corrected chi connectivity index (χ3v) is 2.52. The molecule has 1 aromatic carbocycles. The number of carbonyl (C=O) groups excluding carboxylic acids is 1. The largest absolute Gasteiger partial charge is 0.330 e. The van der Waals surface area contributed by atoms with Crippen LogP contribution in [0.5, 0.6) is 0 Å². The summed E-state index contributed by atoms with van der Waals surface area (Å²) in [6, 6.07) is 5.73. The number of nitrogens with zero attached hydrogens (tertiary/aromatic N) is 2. The molecule has 0 fully saturated rings. The molecule has 7 nitrogen and oxygen atoms in total. The van der Waals surface area contributed by atoms with Crippen molar-refractivity contribution in [1.82, 2.24) is 4.90 Å². The zero-order valence-electron chi connectivity index (χ0n) is 10.8. The highest BCUT2D eigenvalue weighted by molar-refractivity contribution is 5.92. The molecule has 7 heteroatoms. The Morgan fingerprint density at radius 1 is 1.42 bits per heavy atom. The van der Waals surface area contributed by atoms with Crippen LogP contribution >= 0.6 is 0 Å². The Labute approximate surface area is 111 Å². The van der Waals surface area contributed by atoms with Gasteiger partial charge in [-0.05, 0) is 38.7 Å². The summed E-state index contributed by atoms with van der Waals surface area (Å²) in [4.78, 5) is 23.6. The number of likely N-dealkylation sites (N-methyl/N-ethyl adjacent to an activating group) is 1. The molecule has 0 radical (unpaired) electrons. The van der Waals surface area contributed by atoms with E-state index in [2.05, 4.69) is 5.32 Å². The van der Waals surface area contributed by atoms with E-state index in [1.165, 1.54) is 24.3 Å². The standard InChI is InChI=1S/C12H18N4O3/c1-15(8-2-7-13)9-12(17)14-10-3-5-11(6-4-10)16(18)19/h3-6H,2,7-9,13H2,1H3,(H,14,17). The van der Waals surface area contributed by atoms with Crippen LogP contribution in [-0.2, 0) is 4.79 Å². The van der Waals surface area contributed by atoms with Crippen LogP contribution in [-0.4, -0.2) is 42.4 Å². The monoisotopic (exact) mass is 266 g/mol. The molecule has 0 atom stereocenters. The Bertz CT molecular complexity index is 433. The van der Waals surface area contributed by atoms with Crippen molar-refractivity contribution < 1.29 is 9.72 Å². The number of non-ortho nitro benzene ring substituents is 1. The van der Waals surface area contributed by atoms with E-state index in [0.29, 0.717) is 12.2 Å². The SMILES string of the molecule is CN(CCCN)CC(=O)Nc1ccc([N+](=O)[O-])cc1. The molecule has 0 aliphatic rings. The van der Waals surface area contributed by atoms with Crippen LogP contribution in [0.2, 0.25) is 0 Å². The summed E-state index contributed by atoms with van der Waals surface area (Å²) >= 11 is 0. The molecule has 0 unspecified atom stereocenters. The summed E-state index contributed by atoms with van der Waals surface area (Å²) < 4.78 is 0. The van der Waals surface area contributed by atoms with Gasteiger partial charge in [0.1, 0.15) is 0 Å². The Hall–Kier alpha value is -1.99. The molecule has 0 saturated heterocycles. The molecule has 0 heterocycles. The van der Waals surface area contributed by atoms with Gasteiger partial charge in [0.25, 0.3) is 5.69 Å². The van der Waals surface area contributed by atoms with Crippen molar-refractivity contribution in [2.24, 2.45) is 5.73 Å². The number of hydrogen-bond donors (Lipinski definition) is 2. The lowest BCUT2D eigenvalue weighted by molar-refractivity contribution is -0.384. The van der Waals surface area contributed by atoms with Crippen LogP contribution in [0.3, 0.4) is 0 Å². The first-order chi connectivity index (χ1) is 9.02. The normalized spacial score (nSPS) is 10.5. The maximum Gasteiger partial charge on any atom is 0.269 e. The molecular formula is C12H18N4O3. The van der Waals surface area contributed by atoms with Crippen molar-refractivity contribution in [2.45, 2.75) is 6.42 Å². The number of anilines is 1. The van der Waals surface area contributed by atoms with Crippen molar-refractivity contribution >= 4 is 17.3 Å². The van der Waals surface area contributed by atoms with Crippen LogP contribution in [0.25, 0.3) is 0 Å². The lowest BCUT2D eigenvalue weighted by atomic mass is 10.3. The van der Waals surface area contributed by atoms with Crippen molar-refractivity contribution in [3.05, 3.63) is 34.4 Å². The summed E-state index contributed by atoms with van der Waals surface area (Å²) in [6.45, 7) is 1.61. The zero-order chi connectivity index (χ0) is 14.3. The van der Waals surface area contributed by atoms with Gasteiger partial charge in [0, 0.05) is 17.8 Å². The Balaban J connectivity index is 2.45. The number of rotatable bonds is 7. The van der Waals surface area contributed by atoms with Gasteiger partial charge in [-0.3, -0.25) is 19.8 Å². The highest BCUT2D eigenvalue weighted by Crippen LogP contribution is 2.15. The maximum atomic E-state index is 11.7. The van der Waals surface area contributed by atoms with E-state index in [9.17, 15) is 14.9 Å². The van der Waals surface area contributed by atoms with E-state index < -0.39 is 4.92 Å². The Morgan fingerprint density at radius 3 is 2.58 bits per heavy atom. The molecule has 1 aromatic rings. The summed E-state index contributed by atoms with van der Waals surface area (Å²) in [5.74, 6) is -0.159. The van der Waals surface area contributed by atoms with E-state index in [-0.39, 0.29) is 18.1 Å². The summed E-state index contributed by atoms with van der Waals surface area (Å²) in [5.41, 5.74) is 5.93. The minimum Gasteiger partial charge on any atom is -0.330 e. The van der Waals surface area contributed by atoms with Gasteiger partial charge in [-0.25, -0.2) is 0 Å². The van der Waals surface area contributed by atoms with Crippen molar-refractivity contribution in [1.29, 1.82) is 0 Å². The van der Waals surface area contributed by atoms with Crippen LogP contribution in [0.4, 0.5) is 11.4 Å². The Morgan fingerprint density at radius 2 is 2.05 bits per heavy atom. The molecule has 0 aliphatic heterocycles. The first-order valence-corrected chi connectivity index (χ1v) is 5.96. The van der Waals surface area contributed by atoms with Gasteiger partial charge in [-0.1, -0.05) is 0 Å². The lowest BCUT2D eigenvalue weighted by Crippen LogP contribution is -2.31. The molecule has 1 rings (SSSR count). The smallest absolute Gasteiger partial charge is 0.269 e. The third kappa shape index (κ3) is 5.45. The quantitative estimate of drug-likeness (QED) is 0.562. The minimum absolute atomic E-state index is 0.00179. The minimum atomic E-state index is -0.480. The van der Waals surface area contributed by atoms with E-state index in [1.54, 1.807) is 0 Å². The number of amides is 1. The second kappa shape index (κ2) is 7.45. The number of benzene rings is 1. The number of carbonyl (C=O) groups is 1.